The summed E-state index contributed by atoms with van der Waals surface area (Å²) in [4.78, 5) is 0. The topological polar surface area (TPSA) is 21.3 Å². The summed E-state index contributed by atoms with van der Waals surface area (Å²) >= 11 is 0. The molecule has 1 aromatic rings. The molecule has 0 fully saturated rings. The zero-order chi connectivity index (χ0) is 12.2. The minimum Gasteiger partial charge on any atom is -0.374 e. The van der Waals surface area contributed by atoms with Gasteiger partial charge in [0.05, 0.1) is 18.2 Å². The maximum Gasteiger partial charge on any atom is 0.0668 e. The molecule has 0 spiro atoms. The van der Waals surface area contributed by atoms with Crippen LogP contribution in [0.2, 0.25) is 0 Å². The Morgan fingerprint density at radius 3 is 2.19 bits per heavy atom. The first-order valence-electron chi connectivity index (χ1n) is 5.80. The zero-order valence-corrected chi connectivity index (χ0v) is 11.0. The number of hydrogen-bond acceptors (Lipinski definition) is 2. The fraction of sp³-hybridized carbons (Fsp3) is 0.571. The van der Waals surface area contributed by atoms with Gasteiger partial charge in [-0.05, 0) is 40.3 Å². The normalized spacial score (nSPS) is 13.8. The molecule has 1 N–H and O–H groups in total. The summed E-state index contributed by atoms with van der Waals surface area (Å²) in [6.07, 6.45) is 0. The molecule has 1 rings (SSSR count). The van der Waals surface area contributed by atoms with Crippen molar-refractivity contribution in [3.05, 3.63) is 35.4 Å². The lowest BCUT2D eigenvalue weighted by Crippen LogP contribution is -2.28. The average Bonchev–Trinajstić information content (AvgIpc) is 2.20. The first-order chi connectivity index (χ1) is 7.42. The van der Waals surface area contributed by atoms with Gasteiger partial charge in [0.15, 0.2) is 0 Å². The Balaban J connectivity index is 2.64. The van der Waals surface area contributed by atoms with Crippen LogP contribution in [0.3, 0.4) is 0 Å². The van der Waals surface area contributed by atoms with Crippen LogP contribution in [0.25, 0.3) is 0 Å². The standard InChI is InChI=1S/C14H23NO/c1-11-6-8-12(9-7-11)13(15-5)10-16-14(2,3)4/h6-9,13,15H,10H2,1-5H3. The predicted molar refractivity (Wildman–Crippen MR) is 68.7 cm³/mol. The minimum absolute atomic E-state index is 0.0835. The fourth-order valence-corrected chi connectivity index (χ4v) is 1.48. The maximum atomic E-state index is 5.80. The van der Waals surface area contributed by atoms with Gasteiger partial charge in [-0.1, -0.05) is 29.8 Å². The van der Waals surface area contributed by atoms with Crippen molar-refractivity contribution in [2.24, 2.45) is 0 Å². The molecule has 2 heteroatoms. The van der Waals surface area contributed by atoms with Crippen LogP contribution in [-0.2, 0) is 4.74 Å². The largest absolute Gasteiger partial charge is 0.374 e. The average molecular weight is 221 g/mol. The van der Waals surface area contributed by atoms with Gasteiger partial charge in [-0.15, -0.1) is 0 Å². The number of nitrogens with one attached hydrogen (secondary N) is 1. The van der Waals surface area contributed by atoms with Crippen LogP contribution < -0.4 is 5.32 Å². The Kier molecular flexibility index (Phi) is 4.51. The highest BCUT2D eigenvalue weighted by Crippen LogP contribution is 2.17. The number of rotatable bonds is 4. The smallest absolute Gasteiger partial charge is 0.0668 e. The van der Waals surface area contributed by atoms with Gasteiger partial charge in [0, 0.05) is 0 Å². The Morgan fingerprint density at radius 2 is 1.75 bits per heavy atom. The van der Waals surface area contributed by atoms with Crippen molar-refractivity contribution in [3.8, 4) is 0 Å². The number of aryl methyl sites for hydroxylation is 1. The molecule has 0 aliphatic heterocycles. The van der Waals surface area contributed by atoms with Gasteiger partial charge < -0.3 is 10.1 Å². The third kappa shape index (κ3) is 4.33. The third-order valence-electron chi connectivity index (χ3n) is 2.51. The van der Waals surface area contributed by atoms with E-state index in [-0.39, 0.29) is 11.6 Å². The second-order valence-electron chi connectivity index (χ2n) is 5.18. The highest BCUT2D eigenvalue weighted by Gasteiger charge is 2.15. The van der Waals surface area contributed by atoms with Gasteiger partial charge in [0.25, 0.3) is 0 Å². The van der Waals surface area contributed by atoms with E-state index in [2.05, 4.69) is 57.3 Å². The molecule has 16 heavy (non-hydrogen) atoms. The summed E-state index contributed by atoms with van der Waals surface area (Å²) in [5.74, 6) is 0. The summed E-state index contributed by atoms with van der Waals surface area (Å²) < 4.78 is 5.80. The summed E-state index contributed by atoms with van der Waals surface area (Å²) in [5, 5.41) is 3.29. The van der Waals surface area contributed by atoms with Crippen molar-refractivity contribution < 1.29 is 4.74 Å². The van der Waals surface area contributed by atoms with E-state index in [1.165, 1.54) is 11.1 Å². The Morgan fingerprint density at radius 1 is 1.19 bits per heavy atom. The first kappa shape index (κ1) is 13.2. The number of hydrogen-bond donors (Lipinski definition) is 1. The van der Waals surface area contributed by atoms with E-state index in [0.29, 0.717) is 6.61 Å². The third-order valence-corrected chi connectivity index (χ3v) is 2.51. The van der Waals surface area contributed by atoms with Gasteiger partial charge in [-0.25, -0.2) is 0 Å². The van der Waals surface area contributed by atoms with E-state index < -0.39 is 0 Å². The molecule has 0 amide bonds. The van der Waals surface area contributed by atoms with E-state index in [1.807, 2.05) is 7.05 Å². The Labute approximate surface area is 99.0 Å². The van der Waals surface area contributed by atoms with Crippen molar-refractivity contribution in [1.29, 1.82) is 0 Å². The monoisotopic (exact) mass is 221 g/mol. The maximum absolute atomic E-state index is 5.80. The number of ether oxygens (including phenoxy) is 1. The van der Waals surface area contributed by atoms with E-state index in [1.54, 1.807) is 0 Å². The fourth-order valence-electron chi connectivity index (χ4n) is 1.48. The molecule has 1 atom stereocenters. The van der Waals surface area contributed by atoms with E-state index in [4.69, 9.17) is 4.74 Å². The van der Waals surface area contributed by atoms with E-state index >= 15 is 0 Å². The Hall–Kier alpha value is -0.860. The second kappa shape index (κ2) is 5.46. The van der Waals surface area contributed by atoms with Crippen molar-refractivity contribution in [1.82, 2.24) is 5.32 Å². The molecule has 1 unspecified atom stereocenters. The molecule has 0 saturated heterocycles. The Bertz CT molecular complexity index is 311. The van der Waals surface area contributed by atoms with Crippen LogP contribution in [0.5, 0.6) is 0 Å². The van der Waals surface area contributed by atoms with Gasteiger partial charge in [0.2, 0.25) is 0 Å². The highest BCUT2D eigenvalue weighted by molar-refractivity contribution is 5.24. The number of likely N-dealkylation sites (N-methyl/N-ethyl adjacent to an activating group) is 1. The van der Waals surface area contributed by atoms with Crippen LogP contribution in [0, 0.1) is 6.92 Å². The molecule has 0 heterocycles. The van der Waals surface area contributed by atoms with Crippen LogP contribution in [-0.4, -0.2) is 19.3 Å². The van der Waals surface area contributed by atoms with Gasteiger partial charge >= 0.3 is 0 Å². The summed E-state index contributed by atoms with van der Waals surface area (Å²) in [5.41, 5.74) is 2.48. The van der Waals surface area contributed by atoms with Crippen molar-refractivity contribution in [3.63, 3.8) is 0 Å². The molecule has 0 aromatic heterocycles. The highest BCUT2D eigenvalue weighted by atomic mass is 16.5. The summed E-state index contributed by atoms with van der Waals surface area (Å²) in [6.45, 7) is 9.03. The molecule has 90 valence electrons. The lowest BCUT2D eigenvalue weighted by atomic mass is 10.1. The molecule has 2 nitrogen and oxygen atoms in total. The molecule has 0 aliphatic rings. The van der Waals surface area contributed by atoms with Crippen LogP contribution in [0.15, 0.2) is 24.3 Å². The molecule has 0 aliphatic carbocycles. The van der Waals surface area contributed by atoms with Crippen molar-refractivity contribution >= 4 is 0 Å². The van der Waals surface area contributed by atoms with E-state index in [9.17, 15) is 0 Å². The summed E-state index contributed by atoms with van der Waals surface area (Å²) in [7, 11) is 1.97. The molecular formula is C14H23NO. The lowest BCUT2D eigenvalue weighted by molar-refractivity contribution is -0.0139. The van der Waals surface area contributed by atoms with Crippen LogP contribution in [0.4, 0.5) is 0 Å². The first-order valence-corrected chi connectivity index (χ1v) is 5.80. The van der Waals surface area contributed by atoms with Gasteiger partial charge in [0.1, 0.15) is 0 Å². The lowest BCUT2D eigenvalue weighted by Gasteiger charge is -2.24. The number of benzene rings is 1. The minimum atomic E-state index is -0.0835. The second-order valence-corrected chi connectivity index (χ2v) is 5.18. The summed E-state index contributed by atoms with van der Waals surface area (Å²) in [6, 6.07) is 8.85. The molecule has 0 radical (unpaired) electrons. The van der Waals surface area contributed by atoms with Crippen molar-refractivity contribution in [2.45, 2.75) is 39.3 Å². The SMILES string of the molecule is CNC(COC(C)(C)C)c1ccc(C)cc1. The quantitative estimate of drug-likeness (QED) is 0.843. The van der Waals surface area contributed by atoms with Crippen LogP contribution >= 0.6 is 0 Å². The molecule has 1 aromatic carbocycles. The van der Waals surface area contributed by atoms with Gasteiger partial charge in [-0.3, -0.25) is 0 Å². The molecule has 0 saturated carbocycles. The molecular weight excluding hydrogens is 198 g/mol. The van der Waals surface area contributed by atoms with Crippen molar-refractivity contribution in [2.75, 3.05) is 13.7 Å². The van der Waals surface area contributed by atoms with Crippen LogP contribution in [0.1, 0.15) is 37.9 Å². The zero-order valence-electron chi connectivity index (χ0n) is 11.0. The van der Waals surface area contributed by atoms with Gasteiger partial charge in [-0.2, -0.15) is 0 Å². The predicted octanol–water partition coefficient (Wildman–Crippen LogP) is 3.07. The molecule has 0 bridgehead atoms. The van der Waals surface area contributed by atoms with E-state index in [0.717, 1.165) is 0 Å².